The molecule has 0 aliphatic heterocycles. The maximum absolute atomic E-state index is 12.9. The van der Waals surface area contributed by atoms with E-state index in [0.29, 0.717) is 5.65 Å². The van der Waals surface area contributed by atoms with Gasteiger partial charge in [0.05, 0.1) is 0 Å². The molecule has 0 saturated heterocycles. The summed E-state index contributed by atoms with van der Waals surface area (Å²) in [5.41, 5.74) is 2.47. The number of halogens is 1. The second-order valence-corrected chi connectivity index (χ2v) is 4.97. The molecule has 1 atom stereocenters. The molecule has 0 bridgehead atoms. The zero-order valence-corrected chi connectivity index (χ0v) is 11.6. The molecule has 0 aliphatic rings. The topological polar surface area (TPSA) is 50.7 Å². The fourth-order valence-corrected chi connectivity index (χ4v) is 2.21. The van der Waals surface area contributed by atoms with Crippen LogP contribution >= 0.6 is 0 Å². The highest BCUT2D eigenvalue weighted by Gasteiger charge is 2.06. The standard InChI is InChI=1S/C16H15FN4/c1-11(10-12-2-4-13(17)5-3-12)20-15-7-6-14-16(21-15)19-9-8-18-14/h2-9,11H,10H2,1H3,(H,19,20,21). The van der Waals surface area contributed by atoms with Crippen LogP contribution in [0.3, 0.4) is 0 Å². The normalized spacial score (nSPS) is 12.3. The van der Waals surface area contributed by atoms with Gasteiger partial charge in [-0.3, -0.25) is 4.98 Å². The molecule has 5 heteroatoms. The molecule has 0 spiro atoms. The average Bonchev–Trinajstić information content (AvgIpc) is 2.49. The summed E-state index contributed by atoms with van der Waals surface area (Å²) < 4.78 is 12.9. The number of fused-ring (bicyclic) bond motifs is 1. The Kier molecular flexibility index (Phi) is 3.73. The van der Waals surface area contributed by atoms with Crippen LogP contribution < -0.4 is 5.32 Å². The van der Waals surface area contributed by atoms with E-state index < -0.39 is 0 Å². The number of nitrogens with one attached hydrogen (secondary N) is 1. The first kappa shape index (κ1) is 13.4. The van der Waals surface area contributed by atoms with Crippen LogP contribution in [0.15, 0.2) is 48.8 Å². The molecule has 1 aromatic carbocycles. The van der Waals surface area contributed by atoms with Crippen molar-refractivity contribution in [3.63, 3.8) is 0 Å². The van der Waals surface area contributed by atoms with Crippen molar-refractivity contribution in [2.75, 3.05) is 5.32 Å². The predicted octanol–water partition coefficient (Wildman–Crippen LogP) is 3.21. The third kappa shape index (κ3) is 3.31. The summed E-state index contributed by atoms with van der Waals surface area (Å²) in [6.45, 7) is 2.06. The zero-order valence-electron chi connectivity index (χ0n) is 11.6. The Bertz CT molecular complexity index is 743. The maximum atomic E-state index is 12.9. The van der Waals surface area contributed by atoms with Crippen LogP contribution in [0.4, 0.5) is 10.2 Å². The Labute approximate surface area is 122 Å². The summed E-state index contributed by atoms with van der Waals surface area (Å²) in [5.74, 6) is 0.548. The number of anilines is 1. The first-order chi connectivity index (χ1) is 10.2. The molecule has 0 aliphatic carbocycles. The minimum atomic E-state index is -0.214. The number of aromatic nitrogens is 3. The first-order valence-electron chi connectivity index (χ1n) is 6.79. The number of nitrogens with zero attached hydrogens (tertiary/aromatic N) is 3. The van der Waals surface area contributed by atoms with Gasteiger partial charge in [0.15, 0.2) is 5.65 Å². The summed E-state index contributed by atoms with van der Waals surface area (Å²) in [6, 6.07) is 10.5. The van der Waals surface area contributed by atoms with Gasteiger partial charge in [-0.2, -0.15) is 0 Å². The number of hydrogen-bond donors (Lipinski definition) is 1. The highest BCUT2D eigenvalue weighted by molar-refractivity contribution is 5.71. The van der Waals surface area contributed by atoms with Gasteiger partial charge in [-0.1, -0.05) is 12.1 Å². The molecule has 0 amide bonds. The second kappa shape index (κ2) is 5.83. The summed E-state index contributed by atoms with van der Waals surface area (Å²) in [6.07, 6.45) is 4.07. The van der Waals surface area contributed by atoms with Gasteiger partial charge in [0.1, 0.15) is 17.2 Å². The molecule has 3 aromatic rings. The van der Waals surface area contributed by atoms with E-state index in [1.165, 1.54) is 12.1 Å². The lowest BCUT2D eigenvalue weighted by Gasteiger charge is -2.14. The van der Waals surface area contributed by atoms with Gasteiger partial charge in [0.25, 0.3) is 0 Å². The second-order valence-electron chi connectivity index (χ2n) is 4.97. The Morgan fingerprint density at radius 2 is 1.81 bits per heavy atom. The molecule has 21 heavy (non-hydrogen) atoms. The fourth-order valence-electron chi connectivity index (χ4n) is 2.21. The molecule has 0 saturated carbocycles. The van der Waals surface area contributed by atoms with Crippen molar-refractivity contribution in [3.8, 4) is 0 Å². The number of pyridine rings is 1. The minimum absolute atomic E-state index is 0.178. The van der Waals surface area contributed by atoms with E-state index in [9.17, 15) is 4.39 Å². The Morgan fingerprint density at radius 3 is 2.62 bits per heavy atom. The van der Waals surface area contributed by atoms with Crippen molar-refractivity contribution in [2.24, 2.45) is 0 Å². The minimum Gasteiger partial charge on any atom is -0.367 e. The van der Waals surface area contributed by atoms with Gasteiger partial charge in [0, 0.05) is 18.4 Å². The van der Waals surface area contributed by atoms with E-state index in [-0.39, 0.29) is 11.9 Å². The SMILES string of the molecule is CC(Cc1ccc(F)cc1)Nc1ccc2nccnc2n1. The van der Waals surface area contributed by atoms with Crippen molar-refractivity contribution >= 4 is 17.0 Å². The average molecular weight is 282 g/mol. The van der Waals surface area contributed by atoms with Gasteiger partial charge in [-0.15, -0.1) is 0 Å². The van der Waals surface area contributed by atoms with Crippen LogP contribution in [-0.2, 0) is 6.42 Å². The van der Waals surface area contributed by atoms with Crippen molar-refractivity contribution < 1.29 is 4.39 Å². The van der Waals surface area contributed by atoms with Crippen LogP contribution in [0.1, 0.15) is 12.5 Å². The summed E-state index contributed by atoms with van der Waals surface area (Å²) >= 11 is 0. The number of hydrogen-bond acceptors (Lipinski definition) is 4. The van der Waals surface area contributed by atoms with E-state index in [1.54, 1.807) is 24.5 Å². The Balaban J connectivity index is 1.70. The highest BCUT2D eigenvalue weighted by atomic mass is 19.1. The van der Waals surface area contributed by atoms with Gasteiger partial charge in [0.2, 0.25) is 0 Å². The molecular formula is C16H15FN4. The molecule has 0 radical (unpaired) electrons. The van der Waals surface area contributed by atoms with Crippen LogP contribution in [0.5, 0.6) is 0 Å². The number of benzene rings is 1. The molecule has 106 valence electrons. The quantitative estimate of drug-likeness (QED) is 0.798. The smallest absolute Gasteiger partial charge is 0.180 e. The van der Waals surface area contributed by atoms with E-state index in [0.717, 1.165) is 23.3 Å². The Morgan fingerprint density at radius 1 is 1.05 bits per heavy atom. The molecule has 1 N–H and O–H groups in total. The third-order valence-corrected chi connectivity index (χ3v) is 3.18. The van der Waals surface area contributed by atoms with Crippen LogP contribution in [0, 0.1) is 5.82 Å². The summed E-state index contributed by atoms with van der Waals surface area (Å²) in [4.78, 5) is 12.8. The lowest BCUT2D eigenvalue weighted by molar-refractivity contribution is 0.626. The van der Waals surface area contributed by atoms with Crippen molar-refractivity contribution in [1.29, 1.82) is 0 Å². The van der Waals surface area contributed by atoms with E-state index >= 15 is 0 Å². The van der Waals surface area contributed by atoms with Gasteiger partial charge >= 0.3 is 0 Å². The van der Waals surface area contributed by atoms with Crippen molar-refractivity contribution in [3.05, 3.63) is 60.2 Å². The zero-order chi connectivity index (χ0) is 14.7. The molecule has 2 aromatic heterocycles. The third-order valence-electron chi connectivity index (χ3n) is 3.18. The monoisotopic (exact) mass is 282 g/mol. The molecule has 0 fully saturated rings. The van der Waals surface area contributed by atoms with Gasteiger partial charge < -0.3 is 5.32 Å². The van der Waals surface area contributed by atoms with Crippen molar-refractivity contribution in [1.82, 2.24) is 15.0 Å². The molecule has 2 heterocycles. The summed E-state index contributed by atoms with van der Waals surface area (Å²) in [7, 11) is 0. The van der Waals surface area contributed by atoms with Gasteiger partial charge in [-0.25, -0.2) is 14.4 Å². The molecule has 4 nitrogen and oxygen atoms in total. The van der Waals surface area contributed by atoms with Crippen LogP contribution in [-0.4, -0.2) is 21.0 Å². The largest absolute Gasteiger partial charge is 0.367 e. The van der Waals surface area contributed by atoms with E-state index in [1.807, 2.05) is 12.1 Å². The van der Waals surface area contributed by atoms with Crippen molar-refractivity contribution in [2.45, 2.75) is 19.4 Å². The van der Waals surface area contributed by atoms with E-state index in [4.69, 9.17) is 0 Å². The highest BCUT2D eigenvalue weighted by Crippen LogP contribution is 2.13. The lowest BCUT2D eigenvalue weighted by Crippen LogP contribution is -2.18. The van der Waals surface area contributed by atoms with Crippen LogP contribution in [0.25, 0.3) is 11.2 Å². The fraction of sp³-hybridized carbons (Fsp3) is 0.188. The Hall–Kier alpha value is -2.56. The molecule has 3 rings (SSSR count). The maximum Gasteiger partial charge on any atom is 0.180 e. The molecule has 1 unspecified atom stereocenters. The number of rotatable bonds is 4. The van der Waals surface area contributed by atoms with E-state index in [2.05, 4.69) is 27.2 Å². The first-order valence-corrected chi connectivity index (χ1v) is 6.79. The predicted molar refractivity (Wildman–Crippen MR) is 80.5 cm³/mol. The molecular weight excluding hydrogens is 267 g/mol. The lowest BCUT2D eigenvalue weighted by atomic mass is 10.1. The van der Waals surface area contributed by atoms with Gasteiger partial charge in [-0.05, 0) is 43.2 Å². The van der Waals surface area contributed by atoms with Crippen LogP contribution in [0.2, 0.25) is 0 Å². The summed E-state index contributed by atoms with van der Waals surface area (Å²) in [5, 5.41) is 3.32.